The van der Waals surface area contributed by atoms with Gasteiger partial charge in [0.1, 0.15) is 0 Å². The first kappa shape index (κ1) is 16.4. The summed E-state index contributed by atoms with van der Waals surface area (Å²) in [5, 5.41) is 0. The third kappa shape index (κ3) is 2.52. The maximum absolute atomic E-state index is 6.41. The lowest BCUT2D eigenvalue weighted by Gasteiger charge is -2.43. The fraction of sp³-hybridized carbons (Fsp3) is 0.684. The zero-order chi connectivity index (χ0) is 17.3. The topological polar surface area (TPSA) is 40.2 Å². The van der Waals surface area contributed by atoms with Crippen LogP contribution in [0, 0.1) is 5.92 Å². The van der Waals surface area contributed by atoms with E-state index in [0.29, 0.717) is 18.8 Å². The van der Waals surface area contributed by atoms with Crippen molar-refractivity contribution in [1.82, 2.24) is 4.90 Å². The molecule has 136 valence electrons. The number of rotatable bonds is 1. The van der Waals surface area contributed by atoms with E-state index in [4.69, 9.17) is 18.9 Å². The van der Waals surface area contributed by atoms with Crippen molar-refractivity contribution in [2.45, 2.75) is 56.6 Å². The van der Waals surface area contributed by atoms with E-state index in [0.717, 1.165) is 28.9 Å². The Labute approximate surface area is 156 Å². The van der Waals surface area contributed by atoms with Crippen LogP contribution in [0.1, 0.15) is 38.2 Å². The minimum atomic E-state index is -0.520. The highest BCUT2D eigenvalue weighted by molar-refractivity contribution is 9.10. The number of benzene rings is 1. The van der Waals surface area contributed by atoms with Gasteiger partial charge in [0.2, 0.25) is 6.79 Å². The summed E-state index contributed by atoms with van der Waals surface area (Å²) < 4.78 is 24.9. The summed E-state index contributed by atoms with van der Waals surface area (Å²) in [5.41, 5.74) is 1.24. The lowest BCUT2D eigenvalue weighted by Crippen LogP contribution is -2.49. The van der Waals surface area contributed by atoms with Crippen LogP contribution in [0.2, 0.25) is 0 Å². The summed E-state index contributed by atoms with van der Waals surface area (Å²) in [4.78, 5) is 2.50. The van der Waals surface area contributed by atoms with Gasteiger partial charge in [-0.25, -0.2) is 0 Å². The molecule has 0 amide bonds. The number of halogens is 1. The van der Waals surface area contributed by atoms with Crippen molar-refractivity contribution in [3.8, 4) is 11.5 Å². The Morgan fingerprint density at radius 3 is 2.72 bits per heavy atom. The first-order valence-corrected chi connectivity index (χ1v) is 9.87. The number of hydrogen-bond acceptors (Lipinski definition) is 5. The molecule has 0 radical (unpaired) electrons. The van der Waals surface area contributed by atoms with Gasteiger partial charge in [0, 0.05) is 16.4 Å². The van der Waals surface area contributed by atoms with Gasteiger partial charge >= 0.3 is 0 Å². The minimum Gasteiger partial charge on any atom is -0.454 e. The molecule has 0 bridgehead atoms. The molecule has 3 heterocycles. The first-order chi connectivity index (χ1) is 11.9. The third-order valence-corrected chi connectivity index (χ3v) is 6.86. The highest BCUT2D eigenvalue weighted by Crippen LogP contribution is 2.53. The Hall–Kier alpha value is -0.820. The monoisotopic (exact) mass is 409 g/mol. The molecule has 5 nitrogen and oxygen atoms in total. The van der Waals surface area contributed by atoms with Gasteiger partial charge in [-0.2, -0.15) is 0 Å². The Bertz CT molecular complexity index is 709. The van der Waals surface area contributed by atoms with Crippen LogP contribution >= 0.6 is 15.9 Å². The zero-order valence-electron chi connectivity index (χ0n) is 14.8. The lowest BCUT2D eigenvalue weighted by molar-refractivity contribution is -0.147. The summed E-state index contributed by atoms with van der Waals surface area (Å²) in [6.07, 6.45) is 2.53. The van der Waals surface area contributed by atoms with Crippen molar-refractivity contribution in [1.29, 1.82) is 0 Å². The van der Waals surface area contributed by atoms with Crippen LogP contribution in [0.25, 0.3) is 0 Å². The van der Waals surface area contributed by atoms with E-state index in [9.17, 15) is 0 Å². The van der Waals surface area contributed by atoms with Crippen molar-refractivity contribution in [2.24, 2.45) is 5.92 Å². The molecule has 1 aromatic carbocycles. The Kier molecular flexibility index (Phi) is 3.66. The molecular weight excluding hydrogens is 386 g/mol. The van der Waals surface area contributed by atoms with Gasteiger partial charge in [0.25, 0.3) is 0 Å². The predicted octanol–water partition coefficient (Wildman–Crippen LogP) is 3.51. The van der Waals surface area contributed by atoms with Crippen LogP contribution in [0.4, 0.5) is 0 Å². The van der Waals surface area contributed by atoms with Crippen molar-refractivity contribution < 1.29 is 18.9 Å². The molecule has 4 aliphatic rings. The average Bonchev–Trinajstić information content (AvgIpc) is 3.21. The molecule has 2 saturated heterocycles. The highest BCUT2D eigenvalue weighted by Gasteiger charge is 2.56. The molecule has 1 aromatic rings. The quantitative estimate of drug-likeness (QED) is 0.709. The summed E-state index contributed by atoms with van der Waals surface area (Å²) in [6.45, 7) is 5.48. The molecule has 0 aromatic heterocycles. The molecule has 5 atom stereocenters. The van der Waals surface area contributed by atoms with Crippen molar-refractivity contribution in [3.63, 3.8) is 0 Å². The Morgan fingerprint density at radius 2 is 1.92 bits per heavy atom. The molecule has 5 rings (SSSR count). The number of hydrogen-bond donors (Lipinski definition) is 0. The van der Waals surface area contributed by atoms with Crippen LogP contribution in [0.3, 0.4) is 0 Å². The van der Waals surface area contributed by atoms with E-state index in [-0.39, 0.29) is 18.1 Å². The molecule has 6 heteroatoms. The fourth-order valence-corrected chi connectivity index (χ4v) is 5.85. The fourth-order valence-electron chi connectivity index (χ4n) is 5.27. The van der Waals surface area contributed by atoms with Crippen molar-refractivity contribution in [2.75, 3.05) is 20.4 Å². The summed E-state index contributed by atoms with van der Waals surface area (Å²) >= 11 is 3.78. The maximum atomic E-state index is 6.41. The molecule has 0 N–H and O–H groups in total. The number of likely N-dealkylation sites (tertiary alicyclic amines) is 1. The van der Waals surface area contributed by atoms with E-state index >= 15 is 0 Å². The van der Waals surface area contributed by atoms with Gasteiger partial charge in [0.05, 0.1) is 12.2 Å². The van der Waals surface area contributed by atoms with Gasteiger partial charge in [-0.3, -0.25) is 0 Å². The summed E-state index contributed by atoms with van der Waals surface area (Å²) in [7, 11) is 2.24. The van der Waals surface area contributed by atoms with Gasteiger partial charge < -0.3 is 23.8 Å². The second kappa shape index (κ2) is 5.59. The Morgan fingerprint density at radius 1 is 1.16 bits per heavy atom. The lowest BCUT2D eigenvalue weighted by atomic mass is 9.71. The number of likely N-dealkylation sites (N-methyl/N-ethyl adjacent to an activating group) is 1. The molecule has 25 heavy (non-hydrogen) atoms. The molecule has 3 aliphatic heterocycles. The minimum absolute atomic E-state index is 0.0634. The average molecular weight is 410 g/mol. The molecular formula is C19H24BrNO4. The van der Waals surface area contributed by atoms with E-state index in [1.807, 2.05) is 19.9 Å². The predicted molar refractivity (Wildman–Crippen MR) is 96.0 cm³/mol. The second-order valence-electron chi connectivity index (χ2n) is 8.15. The molecule has 0 unspecified atom stereocenters. The van der Waals surface area contributed by atoms with Gasteiger partial charge in [-0.05, 0) is 63.9 Å². The second-order valence-corrected chi connectivity index (χ2v) is 9.00. The molecule has 0 spiro atoms. The van der Waals surface area contributed by atoms with Crippen LogP contribution in [-0.2, 0) is 9.47 Å². The third-order valence-electron chi connectivity index (χ3n) is 6.17. The van der Waals surface area contributed by atoms with Crippen molar-refractivity contribution >= 4 is 15.9 Å². The molecule has 1 aliphatic carbocycles. The smallest absolute Gasteiger partial charge is 0.231 e. The normalized spacial score (nSPS) is 38.6. The summed E-state index contributed by atoms with van der Waals surface area (Å²) in [6, 6.07) is 4.64. The van der Waals surface area contributed by atoms with Gasteiger partial charge in [-0.1, -0.05) is 15.9 Å². The zero-order valence-corrected chi connectivity index (χ0v) is 16.4. The Balaban J connectivity index is 1.61. The standard InChI is InChI=1S/C19H24BrNO4/c1-19(2)24-15-6-10-4-5-21(3)17(10)16(18(15)25-19)11-7-13-14(8-12(11)20)23-9-22-13/h7-8,10,15-18H,4-6,9H2,1-3H3/t10-,15+,16+,17-,18+/m1/s1. The largest absolute Gasteiger partial charge is 0.454 e. The van der Waals surface area contributed by atoms with Crippen molar-refractivity contribution in [3.05, 3.63) is 22.2 Å². The van der Waals surface area contributed by atoms with Gasteiger partial charge in [-0.15, -0.1) is 0 Å². The SMILES string of the molecule is CN1CC[C@@H]2C[C@@H]3OC(C)(C)O[C@@H]3[C@@H](c3cc4c(cc3Br)OCO4)[C@@H]21. The maximum Gasteiger partial charge on any atom is 0.231 e. The van der Waals surface area contributed by atoms with Crippen LogP contribution in [-0.4, -0.2) is 49.3 Å². The van der Waals surface area contributed by atoms with E-state index in [1.165, 1.54) is 12.0 Å². The first-order valence-electron chi connectivity index (χ1n) is 9.08. The molecule has 1 saturated carbocycles. The van der Waals surface area contributed by atoms with Crippen LogP contribution < -0.4 is 9.47 Å². The van der Waals surface area contributed by atoms with Crippen LogP contribution in [0.15, 0.2) is 16.6 Å². The molecule has 3 fully saturated rings. The van der Waals surface area contributed by atoms with Gasteiger partial charge in [0.15, 0.2) is 17.3 Å². The number of fused-ring (bicyclic) bond motifs is 3. The number of nitrogens with zero attached hydrogens (tertiary/aromatic N) is 1. The van der Waals surface area contributed by atoms with E-state index < -0.39 is 5.79 Å². The number of ether oxygens (including phenoxy) is 4. The summed E-state index contributed by atoms with van der Waals surface area (Å²) in [5.74, 6) is 2.01. The highest BCUT2D eigenvalue weighted by atomic mass is 79.9. The van der Waals surface area contributed by atoms with E-state index in [2.05, 4.69) is 33.9 Å². The van der Waals surface area contributed by atoms with Crippen LogP contribution in [0.5, 0.6) is 11.5 Å². The van der Waals surface area contributed by atoms with E-state index in [1.54, 1.807) is 0 Å².